The molecule has 1 atom stereocenters. The Morgan fingerprint density at radius 3 is 2.73 bits per heavy atom. The molecule has 1 N–H and O–H groups in total. The predicted octanol–water partition coefficient (Wildman–Crippen LogP) is 4.16. The third kappa shape index (κ3) is 5.31. The summed E-state index contributed by atoms with van der Waals surface area (Å²) in [6.07, 6.45) is 2.53. The van der Waals surface area contributed by atoms with E-state index in [1.807, 2.05) is 37.3 Å². The SMILES string of the molecule is C=CCn1c(S[C@@H](C)C(=O)Nc2ccc(N3CCOCC3)cc2)nc2sc(CC)cc2c1=O. The van der Waals surface area contributed by atoms with Crippen LogP contribution < -0.4 is 15.8 Å². The van der Waals surface area contributed by atoms with Gasteiger partial charge in [-0.15, -0.1) is 17.9 Å². The lowest BCUT2D eigenvalue weighted by Crippen LogP contribution is -2.36. The van der Waals surface area contributed by atoms with Crippen LogP contribution in [0.5, 0.6) is 0 Å². The number of hydrogen-bond donors (Lipinski definition) is 1. The van der Waals surface area contributed by atoms with Crippen molar-refractivity contribution in [2.75, 3.05) is 36.5 Å². The van der Waals surface area contributed by atoms with Crippen molar-refractivity contribution in [3.8, 4) is 0 Å². The molecule has 1 saturated heterocycles. The second kappa shape index (κ2) is 10.5. The van der Waals surface area contributed by atoms with Gasteiger partial charge in [0.1, 0.15) is 4.83 Å². The van der Waals surface area contributed by atoms with Crippen molar-refractivity contribution in [2.24, 2.45) is 0 Å². The number of rotatable bonds is 8. The van der Waals surface area contributed by atoms with Crippen molar-refractivity contribution in [1.82, 2.24) is 9.55 Å². The Morgan fingerprint density at radius 1 is 1.33 bits per heavy atom. The Kier molecular flexibility index (Phi) is 7.52. The lowest BCUT2D eigenvalue weighted by Gasteiger charge is -2.28. The van der Waals surface area contributed by atoms with Gasteiger partial charge >= 0.3 is 0 Å². The highest BCUT2D eigenvalue weighted by atomic mass is 32.2. The van der Waals surface area contributed by atoms with E-state index in [4.69, 9.17) is 9.72 Å². The van der Waals surface area contributed by atoms with Gasteiger partial charge in [-0.2, -0.15) is 0 Å². The first-order valence-corrected chi connectivity index (χ1v) is 12.7. The molecular formula is C24H28N4O3S2. The first kappa shape index (κ1) is 23.5. The van der Waals surface area contributed by atoms with Gasteiger partial charge in [-0.05, 0) is 43.7 Å². The first-order valence-electron chi connectivity index (χ1n) is 11.0. The molecule has 0 unspecified atom stereocenters. The van der Waals surface area contributed by atoms with Gasteiger partial charge in [0.2, 0.25) is 5.91 Å². The van der Waals surface area contributed by atoms with E-state index in [0.29, 0.717) is 21.9 Å². The molecule has 1 aliphatic heterocycles. The number of thiophene rings is 1. The number of carbonyl (C=O) groups is 1. The van der Waals surface area contributed by atoms with Crippen LogP contribution in [-0.2, 0) is 22.5 Å². The molecular weight excluding hydrogens is 456 g/mol. The number of ether oxygens (including phenoxy) is 1. The molecule has 3 aromatic rings. The zero-order valence-electron chi connectivity index (χ0n) is 18.9. The Bertz CT molecular complexity index is 1200. The Balaban J connectivity index is 1.48. The van der Waals surface area contributed by atoms with Gasteiger partial charge < -0.3 is 15.0 Å². The van der Waals surface area contributed by atoms with Crippen molar-refractivity contribution in [3.63, 3.8) is 0 Å². The number of aryl methyl sites for hydroxylation is 1. The molecule has 1 aliphatic rings. The molecule has 4 rings (SSSR count). The Morgan fingerprint density at radius 2 is 2.06 bits per heavy atom. The molecule has 0 radical (unpaired) electrons. The molecule has 1 fully saturated rings. The van der Waals surface area contributed by atoms with Crippen LogP contribution in [0.1, 0.15) is 18.7 Å². The maximum atomic E-state index is 13.0. The summed E-state index contributed by atoms with van der Waals surface area (Å²) >= 11 is 2.81. The van der Waals surface area contributed by atoms with Gasteiger partial charge in [0.05, 0.1) is 23.8 Å². The van der Waals surface area contributed by atoms with E-state index in [2.05, 4.69) is 23.7 Å². The topological polar surface area (TPSA) is 76.5 Å². The first-order chi connectivity index (χ1) is 16.0. The molecule has 0 bridgehead atoms. The van der Waals surface area contributed by atoms with Crippen LogP contribution in [0.15, 0.2) is 52.9 Å². The fourth-order valence-corrected chi connectivity index (χ4v) is 5.56. The van der Waals surface area contributed by atoms with E-state index in [-0.39, 0.29) is 11.5 Å². The number of amides is 1. The van der Waals surface area contributed by atoms with Gasteiger partial charge in [0.25, 0.3) is 5.56 Å². The Labute approximate surface area is 201 Å². The van der Waals surface area contributed by atoms with Crippen molar-refractivity contribution in [2.45, 2.75) is 37.2 Å². The summed E-state index contributed by atoms with van der Waals surface area (Å²) in [6, 6.07) is 9.77. The minimum atomic E-state index is -0.435. The van der Waals surface area contributed by atoms with E-state index < -0.39 is 5.25 Å². The molecule has 1 amide bonds. The predicted molar refractivity (Wildman–Crippen MR) is 137 cm³/mol. The maximum absolute atomic E-state index is 13.0. The molecule has 1 aromatic carbocycles. The van der Waals surface area contributed by atoms with Gasteiger partial charge in [0, 0.05) is 35.9 Å². The zero-order valence-corrected chi connectivity index (χ0v) is 20.5. The summed E-state index contributed by atoms with van der Waals surface area (Å²) in [5.74, 6) is -0.140. The maximum Gasteiger partial charge on any atom is 0.263 e. The highest BCUT2D eigenvalue weighted by Gasteiger charge is 2.20. The number of aromatic nitrogens is 2. The molecule has 0 saturated carbocycles. The fraction of sp³-hybridized carbons (Fsp3) is 0.375. The summed E-state index contributed by atoms with van der Waals surface area (Å²) in [7, 11) is 0. The number of morpholine rings is 1. The van der Waals surface area contributed by atoms with Crippen LogP contribution >= 0.6 is 23.1 Å². The summed E-state index contributed by atoms with van der Waals surface area (Å²) < 4.78 is 6.99. The van der Waals surface area contributed by atoms with Crippen molar-refractivity contribution in [3.05, 3.63) is 58.2 Å². The van der Waals surface area contributed by atoms with Gasteiger partial charge in [-0.1, -0.05) is 24.8 Å². The van der Waals surface area contributed by atoms with Crippen LogP contribution in [0, 0.1) is 0 Å². The number of benzene rings is 1. The largest absolute Gasteiger partial charge is 0.378 e. The van der Waals surface area contributed by atoms with Crippen molar-refractivity contribution in [1.29, 1.82) is 0 Å². The van der Waals surface area contributed by atoms with Crippen LogP contribution in [0.25, 0.3) is 10.2 Å². The number of fused-ring (bicyclic) bond motifs is 1. The fourth-order valence-electron chi connectivity index (χ4n) is 3.63. The van der Waals surface area contributed by atoms with Crippen LogP contribution in [-0.4, -0.2) is 47.0 Å². The molecule has 2 aromatic heterocycles. The molecule has 174 valence electrons. The van der Waals surface area contributed by atoms with Gasteiger partial charge in [-0.3, -0.25) is 14.2 Å². The summed E-state index contributed by atoms with van der Waals surface area (Å²) in [5.41, 5.74) is 1.76. The lowest BCUT2D eigenvalue weighted by molar-refractivity contribution is -0.115. The summed E-state index contributed by atoms with van der Waals surface area (Å²) in [5, 5.41) is 3.69. The monoisotopic (exact) mass is 484 g/mol. The molecule has 3 heterocycles. The van der Waals surface area contributed by atoms with E-state index in [1.165, 1.54) is 23.1 Å². The number of carbonyl (C=O) groups excluding carboxylic acids is 1. The van der Waals surface area contributed by atoms with Crippen LogP contribution in [0.3, 0.4) is 0 Å². The molecule has 9 heteroatoms. The van der Waals surface area contributed by atoms with Gasteiger partial charge in [0.15, 0.2) is 5.16 Å². The van der Waals surface area contributed by atoms with Crippen molar-refractivity contribution < 1.29 is 9.53 Å². The molecule has 0 spiro atoms. The van der Waals surface area contributed by atoms with Gasteiger partial charge in [-0.25, -0.2) is 4.98 Å². The zero-order chi connectivity index (χ0) is 23.4. The number of nitrogens with one attached hydrogen (secondary N) is 1. The standard InChI is InChI=1S/C24H28N4O3S2/c1-4-10-28-23(30)20-15-19(5-2)33-22(20)26-24(28)32-16(3)21(29)25-17-6-8-18(9-7-17)27-11-13-31-14-12-27/h4,6-9,15-16H,1,5,10-14H2,2-3H3,(H,25,29)/t16-/m0/s1. The summed E-state index contributed by atoms with van der Waals surface area (Å²) in [4.78, 5) is 34.7. The lowest BCUT2D eigenvalue weighted by atomic mass is 10.2. The van der Waals surface area contributed by atoms with Crippen LogP contribution in [0.4, 0.5) is 11.4 Å². The summed E-state index contributed by atoms with van der Waals surface area (Å²) in [6.45, 7) is 11.2. The van der Waals surface area contributed by atoms with E-state index in [1.54, 1.807) is 10.6 Å². The van der Waals surface area contributed by atoms with E-state index >= 15 is 0 Å². The third-order valence-electron chi connectivity index (χ3n) is 5.49. The molecule has 33 heavy (non-hydrogen) atoms. The smallest absolute Gasteiger partial charge is 0.263 e. The molecule has 0 aliphatic carbocycles. The third-order valence-corrected chi connectivity index (χ3v) is 7.75. The highest BCUT2D eigenvalue weighted by Crippen LogP contribution is 2.28. The van der Waals surface area contributed by atoms with Crippen molar-refractivity contribution >= 4 is 50.6 Å². The normalized spacial score (nSPS) is 14.9. The number of allylic oxidation sites excluding steroid dienone is 1. The number of anilines is 2. The minimum absolute atomic E-state index is 0.0929. The molecule has 7 nitrogen and oxygen atoms in total. The van der Waals surface area contributed by atoms with E-state index in [0.717, 1.165) is 49.0 Å². The quantitative estimate of drug-likeness (QED) is 0.294. The Hall–Kier alpha value is -2.62. The average Bonchev–Trinajstić information content (AvgIpc) is 3.26. The second-order valence-electron chi connectivity index (χ2n) is 7.78. The minimum Gasteiger partial charge on any atom is -0.378 e. The van der Waals surface area contributed by atoms with Crippen LogP contribution in [0.2, 0.25) is 0 Å². The number of hydrogen-bond acceptors (Lipinski definition) is 7. The average molecular weight is 485 g/mol. The van der Waals surface area contributed by atoms with E-state index in [9.17, 15) is 9.59 Å². The highest BCUT2D eigenvalue weighted by molar-refractivity contribution is 8.00. The number of nitrogens with zero attached hydrogens (tertiary/aromatic N) is 3. The second-order valence-corrected chi connectivity index (χ2v) is 10.2. The number of thioether (sulfide) groups is 1.